The standard InChI is InChI=1S/C34H20N2S2/c1-2-10-21(11-3-1)35-27-15-7-4-12-23(27)26-20-22(18-19-29(26)35)36-28-16-8-5-13-24(28)31-32-25-14-6-9-17-30(25)37-34(32)38-33(31)36/h1-20H. The Balaban J connectivity index is 1.40. The highest BCUT2D eigenvalue weighted by Gasteiger charge is 2.21. The molecule has 9 rings (SSSR count). The lowest BCUT2D eigenvalue weighted by Gasteiger charge is -2.09. The molecule has 0 aliphatic rings. The van der Waals surface area contributed by atoms with Gasteiger partial charge >= 0.3 is 0 Å². The third-order valence-electron chi connectivity index (χ3n) is 7.76. The van der Waals surface area contributed by atoms with Crippen molar-refractivity contribution in [3.63, 3.8) is 0 Å². The van der Waals surface area contributed by atoms with E-state index in [0.717, 1.165) is 0 Å². The first-order valence-electron chi connectivity index (χ1n) is 12.8. The van der Waals surface area contributed by atoms with Crippen molar-refractivity contribution in [3.8, 4) is 11.4 Å². The van der Waals surface area contributed by atoms with E-state index in [1.165, 1.54) is 73.8 Å². The lowest BCUT2D eigenvalue weighted by molar-refractivity contribution is 1.17. The van der Waals surface area contributed by atoms with Gasteiger partial charge in [-0.3, -0.25) is 0 Å². The summed E-state index contributed by atoms with van der Waals surface area (Å²) in [5.74, 6) is 0. The first kappa shape index (κ1) is 20.7. The fraction of sp³-hybridized carbons (Fsp3) is 0. The minimum atomic E-state index is 1.19. The summed E-state index contributed by atoms with van der Waals surface area (Å²) in [6.07, 6.45) is 0. The molecule has 5 aromatic carbocycles. The maximum absolute atomic E-state index is 2.48. The molecule has 4 aromatic heterocycles. The molecule has 0 unspecified atom stereocenters. The number of aromatic nitrogens is 2. The maximum Gasteiger partial charge on any atom is 0.110 e. The highest BCUT2D eigenvalue weighted by molar-refractivity contribution is 7.44. The Hall–Kier alpha value is -4.38. The van der Waals surface area contributed by atoms with E-state index in [4.69, 9.17) is 0 Å². The highest BCUT2D eigenvalue weighted by atomic mass is 32.2. The molecule has 0 fully saturated rings. The Bertz CT molecular complexity index is 2350. The summed E-state index contributed by atoms with van der Waals surface area (Å²) in [4.78, 5) is 1.32. The topological polar surface area (TPSA) is 9.86 Å². The number of thiophene rings is 2. The van der Waals surface area contributed by atoms with Crippen LogP contribution in [-0.2, 0) is 0 Å². The van der Waals surface area contributed by atoms with Crippen LogP contribution in [0.15, 0.2) is 121 Å². The molecular formula is C34H20N2S2. The molecule has 0 saturated carbocycles. The minimum absolute atomic E-state index is 1.19. The third-order valence-corrected chi connectivity index (χ3v) is 10.2. The van der Waals surface area contributed by atoms with E-state index in [2.05, 4.69) is 130 Å². The summed E-state index contributed by atoms with van der Waals surface area (Å²) in [5.41, 5.74) is 6.11. The zero-order valence-corrected chi connectivity index (χ0v) is 21.9. The van der Waals surface area contributed by atoms with Crippen molar-refractivity contribution in [2.24, 2.45) is 0 Å². The van der Waals surface area contributed by atoms with E-state index in [1.807, 2.05) is 22.7 Å². The molecule has 4 heteroatoms. The van der Waals surface area contributed by atoms with Crippen molar-refractivity contribution in [2.45, 2.75) is 0 Å². The van der Waals surface area contributed by atoms with Crippen LogP contribution in [0.4, 0.5) is 0 Å². The molecule has 4 heterocycles. The van der Waals surface area contributed by atoms with Gasteiger partial charge in [0.15, 0.2) is 0 Å². The van der Waals surface area contributed by atoms with Gasteiger partial charge in [0.05, 0.1) is 20.6 Å². The van der Waals surface area contributed by atoms with Gasteiger partial charge in [0.25, 0.3) is 0 Å². The SMILES string of the molecule is c1ccc(-n2c3ccccc3c3cc(-n4c5ccccc5c5c6c(sc7ccccc76)sc54)ccc32)cc1. The molecule has 178 valence electrons. The molecule has 0 amide bonds. The average molecular weight is 521 g/mol. The zero-order valence-electron chi connectivity index (χ0n) is 20.3. The molecule has 0 aliphatic carbocycles. The molecule has 2 nitrogen and oxygen atoms in total. The van der Waals surface area contributed by atoms with Gasteiger partial charge in [0.1, 0.15) is 4.83 Å². The van der Waals surface area contributed by atoms with Crippen molar-refractivity contribution in [2.75, 3.05) is 0 Å². The Morgan fingerprint density at radius 2 is 1.08 bits per heavy atom. The average Bonchev–Trinajstić information content (AvgIpc) is 3.68. The predicted octanol–water partition coefficient (Wildman–Crippen LogP) is 10.3. The number of hydrogen-bond donors (Lipinski definition) is 0. The molecule has 0 atom stereocenters. The van der Waals surface area contributed by atoms with Crippen LogP contribution in [0, 0.1) is 0 Å². The number of para-hydroxylation sites is 3. The summed E-state index contributed by atoms with van der Waals surface area (Å²) in [5, 5.41) is 8.02. The van der Waals surface area contributed by atoms with Crippen molar-refractivity contribution >= 4 is 85.1 Å². The van der Waals surface area contributed by atoms with Crippen LogP contribution in [0.1, 0.15) is 0 Å². The lowest BCUT2D eigenvalue weighted by atomic mass is 10.1. The van der Waals surface area contributed by atoms with E-state index in [1.54, 1.807) is 0 Å². The van der Waals surface area contributed by atoms with Gasteiger partial charge in [-0.15, -0.1) is 22.7 Å². The van der Waals surface area contributed by atoms with Crippen LogP contribution >= 0.6 is 22.7 Å². The number of benzene rings is 5. The molecule has 0 bridgehead atoms. The fourth-order valence-electron chi connectivity index (χ4n) is 6.19. The van der Waals surface area contributed by atoms with E-state index in [-0.39, 0.29) is 0 Å². The van der Waals surface area contributed by atoms with Crippen molar-refractivity contribution in [1.82, 2.24) is 9.13 Å². The van der Waals surface area contributed by atoms with Gasteiger partial charge in [-0.25, -0.2) is 0 Å². The second-order valence-electron chi connectivity index (χ2n) is 9.79. The normalized spacial score (nSPS) is 12.2. The Kier molecular flexibility index (Phi) is 4.12. The van der Waals surface area contributed by atoms with Gasteiger partial charge in [-0.05, 0) is 48.5 Å². The second-order valence-corrected chi connectivity index (χ2v) is 12.1. The zero-order chi connectivity index (χ0) is 24.8. The van der Waals surface area contributed by atoms with Crippen LogP contribution in [0.2, 0.25) is 0 Å². The van der Waals surface area contributed by atoms with E-state index in [9.17, 15) is 0 Å². The summed E-state index contributed by atoms with van der Waals surface area (Å²) in [6, 6.07) is 44.1. The molecule has 0 N–H and O–H groups in total. The van der Waals surface area contributed by atoms with Crippen LogP contribution in [0.3, 0.4) is 0 Å². The van der Waals surface area contributed by atoms with Crippen molar-refractivity contribution in [3.05, 3.63) is 121 Å². The molecule has 0 aliphatic heterocycles. The first-order valence-corrected chi connectivity index (χ1v) is 14.4. The summed E-state index contributed by atoms with van der Waals surface area (Å²) in [7, 11) is 0. The molecule has 0 saturated heterocycles. The minimum Gasteiger partial charge on any atom is -0.309 e. The molecule has 0 spiro atoms. The van der Waals surface area contributed by atoms with Gasteiger partial charge in [-0.2, -0.15) is 0 Å². The molecule has 9 aromatic rings. The van der Waals surface area contributed by atoms with E-state index < -0.39 is 0 Å². The molecular weight excluding hydrogens is 501 g/mol. The van der Waals surface area contributed by atoms with Crippen molar-refractivity contribution < 1.29 is 0 Å². The van der Waals surface area contributed by atoms with Crippen LogP contribution in [0.5, 0.6) is 0 Å². The number of hydrogen-bond acceptors (Lipinski definition) is 2. The molecule has 38 heavy (non-hydrogen) atoms. The van der Waals surface area contributed by atoms with Gasteiger partial charge in [0.2, 0.25) is 0 Å². The fourth-order valence-corrected chi connectivity index (χ4v) is 8.90. The van der Waals surface area contributed by atoms with E-state index >= 15 is 0 Å². The summed E-state index contributed by atoms with van der Waals surface area (Å²) < 4.78 is 7.62. The van der Waals surface area contributed by atoms with Crippen molar-refractivity contribution in [1.29, 1.82) is 0 Å². The van der Waals surface area contributed by atoms with Gasteiger partial charge < -0.3 is 9.13 Å². The Labute approximate surface area is 226 Å². The quantitative estimate of drug-likeness (QED) is 0.215. The van der Waals surface area contributed by atoms with Crippen LogP contribution in [0.25, 0.3) is 73.8 Å². The van der Waals surface area contributed by atoms with Crippen LogP contribution < -0.4 is 0 Å². The lowest BCUT2D eigenvalue weighted by Crippen LogP contribution is -1.95. The molecule has 0 radical (unpaired) electrons. The smallest absolute Gasteiger partial charge is 0.110 e. The van der Waals surface area contributed by atoms with Crippen LogP contribution in [-0.4, -0.2) is 9.13 Å². The van der Waals surface area contributed by atoms with Gasteiger partial charge in [-0.1, -0.05) is 72.8 Å². The van der Waals surface area contributed by atoms with E-state index in [0.29, 0.717) is 0 Å². The largest absolute Gasteiger partial charge is 0.309 e. The highest BCUT2D eigenvalue weighted by Crippen LogP contribution is 2.48. The predicted molar refractivity (Wildman–Crippen MR) is 166 cm³/mol. The monoisotopic (exact) mass is 520 g/mol. The number of nitrogens with zero attached hydrogens (tertiary/aromatic N) is 2. The summed E-state index contributed by atoms with van der Waals surface area (Å²) in [6.45, 7) is 0. The van der Waals surface area contributed by atoms with Gasteiger partial charge in [0, 0.05) is 48.4 Å². The second kappa shape index (κ2) is 7.57. The summed E-state index contributed by atoms with van der Waals surface area (Å²) >= 11 is 3.83. The Morgan fingerprint density at radius 1 is 0.421 bits per heavy atom. The maximum atomic E-state index is 2.48. The third kappa shape index (κ3) is 2.66. The number of rotatable bonds is 2. The Morgan fingerprint density at radius 3 is 1.92 bits per heavy atom. The first-order chi connectivity index (χ1) is 18.9. The number of fused-ring (bicyclic) bond motifs is 10.